The van der Waals surface area contributed by atoms with E-state index < -0.39 is 47.7 Å². The minimum Gasteiger partial charge on any atom is -0.480 e. The molecular formula is C10H7F5N2O2. The maximum atomic E-state index is 13.8. The molecule has 19 heavy (non-hydrogen) atoms. The molecule has 1 aromatic rings. The number of alkyl halides is 5. The van der Waals surface area contributed by atoms with Crippen molar-refractivity contribution in [2.75, 3.05) is 0 Å². The van der Waals surface area contributed by atoms with Gasteiger partial charge < -0.3 is 5.11 Å². The van der Waals surface area contributed by atoms with Crippen molar-refractivity contribution < 1.29 is 31.9 Å². The second-order valence-electron chi connectivity index (χ2n) is 4.73. The van der Waals surface area contributed by atoms with Crippen molar-refractivity contribution in [3.8, 4) is 0 Å². The molecule has 0 spiro atoms. The molecule has 1 fully saturated rings. The number of nitrogens with zero attached hydrogens (tertiary/aromatic N) is 2. The van der Waals surface area contributed by atoms with Crippen LogP contribution in [0.1, 0.15) is 29.3 Å². The third-order valence-electron chi connectivity index (χ3n) is 3.49. The monoisotopic (exact) mass is 282 g/mol. The van der Waals surface area contributed by atoms with Gasteiger partial charge in [-0.15, -0.1) is 0 Å². The van der Waals surface area contributed by atoms with Crippen LogP contribution in [0.5, 0.6) is 0 Å². The van der Waals surface area contributed by atoms with Gasteiger partial charge in [-0.25, -0.2) is 8.78 Å². The summed E-state index contributed by atoms with van der Waals surface area (Å²) in [6.07, 6.45) is -4.95. The molecule has 0 aromatic carbocycles. The molecule has 0 bridgehead atoms. The van der Waals surface area contributed by atoms with E-state index in [0.717, 1.165) is 0 Å². The van der Waals surface area contributed by atoms with Crippen LogP contribution in [0.2, 0.25) is 0 Å². The Balaban J connectivity index is 2.19. The first kappa shape index (κ1) is 12.4. The Morgan fingerprint density at radius 1 is 1.47 bits per heavy atom. The van der Waals surface area contributed by atoms with Crippen LogP contribution in [-0.2, 0) is 23.4 Å². The fraction of sp³-hybridized carbons (Fsp3) is 0.600. The van der Waals surface area contributed by atoms with E-state index in [1.165, 1.54) is 0 Å². The molecule has 0 radical (unpaired) electrons. The molecule has 1 heterocycles. The van der Waals surface area contributed by atoms with Crippen molar-refractivity contribution in [1.29, 1.82) is 0 Å². The van der Waals surface area contributed by atoms with Gasteiger partial charge in [-0.05, 0) is 6.42 Å². The highest BCUT2D eigenvalue weighted by molar-refractivity contribution is 5.67. The van der Waals surface area contributed by atoms with E-state index in [2.05, 4.69) is 5.10 Å². The van der Waals surface area contributed by atoms with Crippen molar-refractivity contribution in [2.24, 2.45) is 5.92 Å². The number of carboxylic acid groups (broad SMARTS) is 1. The van der Waals surface area contributed by atoms with Crippen molar-refractivity contribution in [1.82, 2.24) is 9.78 Å². The van der Waals surface area contributed by atoms with Crippen LogP contribution in [0.4, 0.5) is 22.0 Å². The molecule has 2 atom stereocenters. The van der Waals surface area contributed by atoms with Crippen molar-refractivity contribution in [3.63, 3.8) is 0 Å². The minimum absolute atomic E-state index is 0.0720. The Labute approximate surface area is 102 Å². The van der Waals surface area contributed by atoms with Gasteiger partial charge in [0.05, 0.1) is 11.3 Å². The van der Waals surface area contributed by atoms with Gasteiger partial charge in [0.25, 0.3) is 5.92 Å². The lowest BCUT2D eigenvalue weighted by atomic mass is 10.1. The molecular weight excluding hydrogens is 275 g/mol. The molecule has 0 aliphatic heterocycles. The van der Waals surface area contributed by atoms with E-state index in [1.807, 2.05) is 0 Å². The summed E-state index contributed by atoms with van der Waals surface area (Å²) in [5.74, 6) is -6.87. The maximum absolute atomic E-state index is 13.8. The molecule has 2 unspecified atom stereocenters. The number of hydrogen-bond acceptors (Lipinski definition) is 2. The lowest BCUT2D eigenvalue weighted by molar-refractivity contribution is -0.147. The smallest absolute Gasteiger partial charge is 0.435 e. The van der Waals surface area contributed by atoms with Crippen LogP contribution in [0.3, 0.4) is 0 Å². The van der Waals surface area contributed by atoms with E-state index >= 15 is 0 Å². The van der Waals surface area contributed by atoms with Crippen molar-refractivity contribution in [2.45, 2.75) is 31.0 Å². The molecule has 2 aliphatic rings. The zero-order valence-electron chi connectivity index (χ0n) is 9.21. The number of hydrogen-bond donors (Lipinski definition) is 1. The van der Waals surface area contributed by atoms with Gasteiger partial charge in [-0.2, -0.15) is 18.3 Å². The first-order valence-electron chi connectivity index (χ1n) is 5.42. The molecule has 2 aliphatic carbocycles. The van der Waals surface area contributed by atoms with Gasteiger partial charge >= 0.3 is 12.1 Å². The number of carboxylic acids is 1. The van der Waals surface area contributed by atoms with Crippen molar-refractivity contribution >= 4 is 5.97 Å². The zero-order chi connectivity index (χ0) is 14.2. The summed E-state index contributed by atoms with van der Waals surface area (Å²) >= 11 is 0. The van der Waals surface area contributed by atoms with Crippen LogP contribution in [0.15, 0.2) is 0 Å². The number of carbonyl (C=O) groups is 1. The number of aromatic nitrogens is 2. The number of rotatable bonds is 2. The maximum Gasteiger partial charge on any atom is 0.435 e. The van der Waals surface area contributed by atoms with E-state index in [4.69, 9.17) is 5.11 Å². The SMILES string of the molecule is O=C(O)Cn1nc(C(F)(F)F)c2c1C1CC1C2(F)F. The standard InChI is InChI=1S/C10H7F5N2O2/c11-9(12)4-1-3(4)7-6(9)8(10(13,14)15)16-17(7)2-5(18)19/h3-4H,1-2H2,(H,18,19). The van der Waals surface area contributed by atoms with Gasteiger partial charge in [0.1, 0.15) is 6.54 Å². The Bertz CT molecular complexity index is 577. The molecule has 1 N–H and O–H groups in total. The second kappa shape index (κ2) is 3.26. The summed E-state index contributed by atoms with van der Waals surface area (Å²) in [6, 6.07) is 0. The highest BCUT2D eigenvalue weighted by Crippen LogP contribution is 2.68. The lowest BCUT2D eigenvalue weighted by Gasteiger charge is -2.14. The lowest BCUT2D eigenvalue weighted by Crippen LogP contribution is -2.19. The normalized spacial score (nSPS) is 27.0. The van der Waals surface area contributed by atoms with Crippen LogP contribution in [-0.4, -0.2) is 20.9 Å². The first-order valence-corrected chi connectivity index (χ1v) is 5.42. The Hall–Kier alpha value is -1.67. The molecule has 0 amide bonds. The van der Waals surface area contributed by atoms with Crippen molar-refractivity contribution in [3.05, 3.63) is 17.0 Å². The quantitative estimate of drug-likeness (QED) is 0.846. The molecule has 9 heteroatoms. The van der Waals surface area contributed by atoms with Crippen LogP contribution < -0.4 is 0 Å². The Morgan fingerprint density at radius 3 is 2.63 bits per heavy atom. The summed E-state index contributed by atoms with van der Waals surface area (Å²) < 4.78 is 66.3. The largest absolute Gasteiger partial charge is 0.480 e. The zero-order valence-corrected chi connectivity index (χ0v) is 9.21. The molecule has 0 saturated heterocycles. The third kappa shape index (κ3) is 1.56. The second-order valence-corrected chi connectivity index (χ2v) is 4.73. The molecule has 1 saturated carbocycles. The topological polar surface area (TPSA) is 55.1 Å². The Morgan fingerprint density at radius 2 is 2.11 bits per heavy atom. The molecule has 3 rings (SSSR count). The third-order valence-corrected chi connectivity index (χ3v) is 3.49. The van der Waals surface area contributed by atoms with Gasteiger partial charge in [0.15, 0.2) is 5.69 Å². The molecule has 1 aromatic heterocycles. The fourth-order valence-electron chi connectivity index (χ4n) is 2.71. The fourth-order valence-corrected chi connectivity index (χ4v) is 2.71. The van der Waals surface area contributed by atoms with E-state index in [0.29, 0.717) is 4.68 Å². The van der Waals surface area contributed by atoms with Crippen LogP contribution >= 0.6 is 0 Å². The summed E-state index contributed by atoms with van der Waals surface area (Å²) in [6.45, 7) is -0.849. The van der Waals surface area contributed by atoms with E-state index in [1.54, 1.807) is 0 Å². The number of halogens is 5. The van der Waals surface area contributed by atoms with Crippen LogP contribution in [0, 0.1) is 5.92 Å². The van der Waals surface area contributed by atoms with E-state index in [-0.39, 0.29) is 12.1 Å². The highest BCUT2D eigenvalue weighted by Gasteiger charge is 2.68. The summed E-state index contributed by atoms with van der Waals surface area (Å²) in [4.78, 5) is 10.6. The van der Waals surface area contributed by atoms with Gasteiger partial charge in [-0.3, -0.25) is 9.48 Å². The molecule has 104 valence electrons. The van der Waals surface area contributed by atoms with Gasteiger partial charge in [0, 0.05) is 11.8 Å². The number of fused-ring (bicyclic) bond motifs is 3. The average molecular weight is 282 g/mol. The van der Waals surface area contributed by atoms with Gasteiger partial charge in [-0.1, -0.05) is 0 Å². The highest BCUT2D eigenvalue weighted by atomic mass is 19.4. The summed E-state index contributed by atoms with van der Waals surface area (Å²) in [7, 11) is 0. The molecule has 4 nitrogen and oxygen atoms in total. The van der Waals surface area contributed by atoms with Gasteiger partial charge in [0.2, 0.25) is 0 Å². The summed E-state index contributed by atoms with van der Waals surface area (Å²) in [5.41, 5.74) is -3.08. The average Bonchev–Trinajstić information content (AvgIpc) is 2.87. The van der Waals surface area contributed by atoms with Crippen LogP contribution in [0.25, 0.3) is 0 Å². The Kier molecular flexibility index (Phi) is 2.12. The number of aliphatic carboxylic acids is 1. The predicted octanol–water partition coefficient (Wildman–Crippen LogP) is 2.20. The van der Waals surface area contributed by atoms with E-state index in [9.17, 15) is 26.7 Å². The summed E-state index contributed by atoms with van der Waals surface area (Å²) in [5, 5.41) is 11.7. The first-order chi connectivity index (χ1) is 8.64. The minimum atomic E-state index is -5.02. The predicted molar refractivity (Wildman–Crippen MR) is 49.6 cm³/mol.